The summed E-state index contributed by atoms with van der Waals surface area (Å²) >= 11 is 0. The van der Waals surface area contributed by atoms with Gasteiger partial charge in [0.05, 0.1) is 11.5 Å². The molecule has 0 saturated carbocycles. The molecule has 1 N–H and O–H groups in total. The summed E-state index contributed by atoms with van der Waals surface area (Å²) in [5, 5.41) is 20.2. The van der Waals surface area contributed by atoms with Crippen LogP contribution in [0.1, 0.15) is 22.3 Å². The van der Waals surface area contributed by atoms with Crippen LogP contribution in [0.5, 0.6) is 0 Å². The lowest BCUT2D eigenvalue weighted by Crippen LogP contribution is -2.27. The molecule has 0 bridgehead atoms. The van der Waals surface area contributed by atoms with Crippen LogP contribution in [0.4, 0.5) is 5.69 Å². The highest BCUT2D eigenvalue weighted by molar-refractivity contribution is 5.94. The van der Waals surface area contributed by atoms with Crippen molar-refractivity contribution in [1.29, 1.82) is 0 Å². The molecule has 1 aliphatic rings. The Hall–Kier alpha value is -1.99. The van der Waals surface area contributed by atoms with E-state index in [1.807, 2.05) is 0 Å². The fourth-order valence-corrected chi connectivity index (χ4v) is 2.31. The monoisotopic (exact) mass is 280 g/mol. The van der Waals surface area contributed by atoms with E-state index in [-0.39, 0.29) is 11.3 Å². The predicted octanol–water partition coefficient (Wildman–Crippen LogP) is 1.52. The molecule has 0 aliphatic carbocycles. The molecule has 1 aliphatic heterocycles. The number of hydrogen-bond acceptors (Lipinski definition) is 5. The summed E-state index contributed by atoms with van der Waals surface area (Å²) in [4.78, 5) is 23.6. The normalized spacial score (nSPS) is 16.6. The number of rotatable bonds is 4. The molecule has 0 spiro atoms. The van der Waals surface area contributed by atoms with Gasteiger partial charge in [-0.15, -0.1) is 0 Å². The highest BCUT2D eigenvalue weighted by Gasteiger charge is 2.24. The SMILES string of the molecule is O=C(O)c1c(CN2CCCOCC2)cccc1[N+](=O)[O-]. The highest BCUT2D eigenvalue weighted by Crippen LogP contribution is 2.23. The van der Waals surface area contributed by atoms with Crippen molar-refractivity contribution >= 4 is 11.7 Å². The lowest BCUT2D eigenvalue weighted by Gasteiger charge is -2.19. The first kappa shape index (κ1) is 14.4. The Bertz CT molecular complexity index is 509. The van der Waals surface area contributed by atoms with E-state index in [4.69, 9.17) is 4.74 Å². The van der Waals surface area contributed by atoms with E-state index in [1.54, 1.807) is 6.07 Å². The molecule has 0 radical (unpaired) electrons. The van der Waals surface area contributed by atoms with Gasteiger partial charge in [0.1, 0.15) is 5.56 Å². The van der Waals surface area contributed by atoms with Crippen molar-refractivity contribution in [1.82, 2.24) is 4.90 Å². The van der Waals surface area contributed by atoms with Crippen LogP contribution >= 0.6 is 0 Å². The van der Waals surface area contributed by atoms with Gasteiger partial charge in [0.2, 0.25) is 0 Å². The first-order chi connectivity index (χ1) is 9.59. The Kier molecular flexibility index (Phi) is 4.65. The summed E-state index contributed by atoms with van der Waals surface area (Å²) in [5.41, 5.74) is -0.114. The molecule has 1 aromatic rings. The number of benzene rings is 1. The van der Waals surface area contributed by atoms with E-state index in [2.05, 4.69) is 4.90 Å². The Morgan fingerprint density at radius 2 is 2.20 bits per heavy atom. The van der Waals surface area contributed by atoms with Crippen molar-refractivity contribution in [2.24, 2.45) is 0 Å². The van der Waals surface area contributed by atoms with Gasteiger partial charge >= 0.3 is 5.97 Å². The number of carboxylic acids is 1. The molecule has 2 rings (SSSR count). The van der Waals surface area contributed by atoms with Crippen LogP contribution in [-0.4, -0.2) is 47.2 Å². The molecular formula is C13H16N2O5. The number of aromatic carboxylic acids is 1. The Morgan fingerprint density at radius 3 is 2.90 bits per heavy atom. The van der Waals surface area contributed by atoms with E-state index in [0.29, 0.717) is 31.9 Å². The second-order valence-electron chi connectivity index (χ2n) is 4.62. The van der Waals surface area contributed by atoms with Crippen LogP contribution in [0.15, 0.2) is 18.2 Å². The quantitative estimate of drug-likeness (QED) is 0.664. The van der Waals surface area contributed by atoms with Crippen LogP contribution < -0.4 is 0 Å². The minimum Gasteiger partial charge on any atom is -0.477 e. The van der Waals surface area contributed by atoms with E-state index in [1.165, 1.54) is 12.1 Å². The van der Waals surface area contributed by atoms with Crippen LogP contribution in [0, 0.1) is 10.1 Å². The lowest BCUT2D eigenvalue weighted by atomic mass is 10.0. The van der Waals surface area contributed by atoms with Gasteiger partial charge in [-0.2, -0.15) is 0 Å². The number of carboxylic acid groups (broad SMARTS) is 1. The van der Waals surface area contributed by atoms with Gasteiger partial charge in [-0.3, -0.25) is 15.0 Å². The number of nitro benzene ring substituents is 1. The van der Waals surface area contributed by atoms with Gasteiger partial charge < -0.3 is 9.84 Å². The van der Waals surface area contributed by atoms with Crippen molar-refractivity contribution in [3.63, 3.8) is 0 Å². The summed E-state index contributed by atoms with van der Waals surface area (Å²) in [5.74, 6) is -1.27. The molecule has 0 amide bonds. The van der Waals surface area contributed by atoms with Crippen molar-refractivity contribution in [2.75, 3.05) is 26.3 Å². The molecule has 1 saturated heterocycles. The predicted molar refractivity (Wildman–Crippen MR) is 70.8 cm³/mol. The van der Waals surface area contributed by atoms with Crippen molar-refractivity contribution in [3.8, 4) is 0 Å². The number of hydrogen-bond donors (Lipinski definition) is 1. The van der Waals surface area contributed by atoms with Gasteiger partial charge in [0.25, 0.3) is 5.69 Å². The molecule has 0 aromatic heterocycles. The number of nitrogens with zero attached hydrogens (tertiary/aromatic N) is 2. The zero-order valence-electron chi connectivity index (χ0n) is 10.9. The minimum atomic E-state index is -1.27. The third-order valence-corrected chi connectivity index (χ3v) is 3.25. The maximum absolute atomic E-state index is 11.3. The van der Waals surface area contributed by atoms with Gasteiger partial charge in [0, 0.05) is 32.3 Å². The molecule has 1 heterocycles. The minimum absolute atomic E-state index is 0.220. The summed E-state index contributed by atoms with van der Waals surface area (Å²) in [6.07, 6.45) is 0.872. The van der Waals surface area contributed by atoms with Gasteiger partial charge in [-0.1, -0.05) is 12.1 Å². The van der Waals surface area contributed by atoms with Crippen LogP contribution in [0.3, 0.4) is 0 Å². The van der Waals surface area contributed by atoms with Crippen molar-refractivity contribution in [2.45, 2.75) is 13.0 Å². The molecule has 1 fully saturated rings. The second kappa shape index (κ2) is 6.44. The zero-order chi connectivity index (χ0) is 14.5. The third kappa shape index (κ3) is 3.31. The molecule has 7 heteroatoms. The summed E-state index contributed by atoms with van der Waals surface area (Å²) in [7, 11) is 0. The van der Waals surface area contributed by atoms with E-state index >= 15 is 0 Å². The van der Waals surface area contributed by atoms with E-state index in [0.717, 1.165) is 13.0 Å². The average Bonchev–Trinajstić information content (AvgIpc) is 2.66. The average molecular weight is 280 g/mol. The van der Waals surface area contributed by atoms with Crippen molar-refractivity contribution in [3.05, 3.63) is 39.4 Å². The Balaban J connectivity index is 2.28. The molecule has 20 heavy (non-hydrogen) atoms. The molecule has 7 nitrogen and oxygen atoms in total. The first-order valence-electron chi connectivity index (χ1n) is 6.39. The number of carbonyl (C=O) groups is 1. The summed E-state index contributed by atoms with van der Waals surface area (Å²) < 4.78 is 5.34. The van der Waals surface area contributed by atoms with E-state index in [9.17, 15) is 20.0 Å². The maximum atomic E-state index is 11.3. The van der Waals surface area contributed by atoms with Gasteiger partial charge in [-0.25, -0.2) is 4.79 Å². The fraction of sp³-hybridized carbons (Fsp3) is 0.462. The molecule has 108 valence electrons. The van der Waals surface area contributed by atoms with Gasteiger partial charge in [-0.05, 0) is 12.0 Å². The molecule has 1 aromatic carbocycles. The van der Waals surface area contributed by atoms with Crippen LogP contribution in [-0.2, 0) is 11.3 Å². The molecule has 0 unspecified atom stereocenters. The smallest absolute Gasteiger partial charge is 0.343 e. The Labute approximate surface area is 115 Å². The first-order valence-corrected chi connectivity index (χ1v) is 6.39. The third-order valence-electron chi connectivity index (χ3n) is 3.25. The molecule has 0 atom stereocenters. The molecular weight excluding hydrogens is 264 g/mol. The van der Waals surface area contributed by atoms with Crippen LogP contribution in [0.2, 0.25) is 0 Å². The summed E-state index contributed by atoms with van der Waals surface area (Å²) in [6.45, 7) is 3.16. The zero-order valence-corrected chi connectivity index (χ0v) is 10.9. The fourth-order valence-electron chi connectivity index (χ4n) is 2.31. The maximum Gasteiger partial charge on any atom is 0.343 e. The highest BCUT2D eigenvalue weighted by atomic mass is 16.6. The second-order valence-corrected chi connectivity index (χ2v) is 4.62. The largest absolute Gasteiger partial charge is 0.477 e. The summed E-state index contributed by atoms with van der Waals surface area (Å²) in [6, 6.07) is 4.37. The van der Waals surface area contributed by atoms with E-state index < -0.39 is 10.9 Å². The topological polar surface area (TPSA) is 92.9 Å². The number of nitro groups is 1. The standard InChI is InChI=1S/C13H16N2O5/c16-13(17)12-10(3-1-4-11(12)15(18)19)9-14-5-2-7-20-8-6-14/h1,3-4H,2,5-9H2,(H,16,17). The Morgan fingerprint density at radius 1 is 1.40 bits per heavy atom. The van der Waals surface area contributed by atoms with Gasteiger partial charge in [0.15, 0.2) is 0 Å². The lowest BCUT2D eigenvalue weighted by molar-refractivity contribution is -0.385. The van der Waals surface area contributed by atoms with Crippen LogP contribution in [0.25, 0.3) is 0 Å². The number of ether oxygens (including phenoxy) is 1. The van der Waals surface area contributed by atoms with Crippen molar-refractivity contribution < 1.29 is 19.6 Å².